The molecule has 0 radical (unpaired) electrons. The molecular formula is C15H12FN5O2. The van der Waals surface area contributed by atoms with Gasteiger partial charge in [0.05, 0.1) is 5.56 Å². The van der Waals surface area contributed by atoms with Gasteiger partial charge < -0.3 is 5.32 Å². The van der Waals surface area contributed by atoms with Gasteiger partial charge in [0.25, 0.3) is 5.56 Å². The number of halogens is 1. The van der Waals surface area contributed by atoms with Crippen molar-refractivity contribution < 1.29 is 4.39 Å². The van der Waals surface area contributed by atoms with Crippen molar-refractivity contribution >= 4 is 11.6 Å². The van der Waals surface area contributed by atoms with Crippen LogP contribution in [0.15, 0.2) is 33.9 Å². The minimum Gasteiger partial charge on any atom is -0.324 e. The van der Waals surface area contributed by atoms with E-state index in [-0.39, 0.29) is 5.82 Å². The Kier molecular flexibility index (Phi) is 2.74. The maximum atomic E-state index is 13.3. The van der Waals surface area contributed by atoms with E-state index in [4.69, 9.17) is 0 Å². The third-order valence-electron chi connectivity index (χ3n) is 4.00. The van der Waals surface area contributed by atoms with Crippen LogP contribution in [-0.4, -0.2) is 20.2 Å². The average Bonchev–Trinajstić information content (AvgIpc) is 2.87. The van der Waals surface area contributed by atoms with Gasteiger partial charge in [-0.1, -0.05) is 12.1 Å². The lowest BCUT2D eigenvalue weighted by atomic mass is 9.83. The van der Waals surface area contributed by atoms with Crippen molar-refractivity contribution in [3.63, 3.8) is 0 Å². The summed E-state index contributed by atoms with van der Waals surface area (Å²) in [6.07, 6.45) is 0. The van der Waals surface area contributed by atoms with E-state index in [1.165, 1.54) is 12.1 Å². The Balaban J connectivity index is 2.04. The first-order chi connectivity index (χ1) is 11.0. The average molecular weight is 313 g/mol. The van der Waals surface area contributed by atoms with Crippen LogP contribution in [0.5, 0.6) is 0 Å². The summed E-state index contributed by atoms with van der Waals surface area (Å²) in [5.41, 5.74) is 1.59. The Morgan fingerprint density at radius 2 is 1.83 bits per heavy atom. The smallest absolute Gasteiger partial charge is 0.324 e. The summed E-state index contributed by atoms with van der Waals surface area (Å²) in [6.45, 7) is 1.84. The number of nitrogens with zero attached hydrogens (tertiary/aromatic N) is 1. The number of aromatic nitrogens is 4. The summed E-state index contributed by atoms with van der Waals surface area (Å²) in [5, 5.41) is 9.99. The highest BCUT2D eigenvalue weighted by Gasteiger charge is 2.33. The zero-order valence-corrected chi connectivity index (χ0v) is 12.0. The van der Waals surface area contributed by atoms with E-state index in [0.29, 0.717) is 17.2 Å². The Morgan fingerprint density at radius 1 is 1.09 bits per heavy atom. The van der Waals surface area contributed by atoms with Gasteiger partial charge in [0.15, 0.2) is 5.82 Å². The zero-order valence-electron chi connectivity index (χ0n) is 12.0. The number of hydrogen-bond donors (Lipinski definition) is 4. The number of aryl methyl sites for hydroxylation is 1. The molecule has 3 heterocycles. The fourth-order valence-electron chi connectivity index (χ4n) is 3.01. The van der Waals surface area contributed by atoms with E-state index in [9.17, 15) is 14.0 Å². The van der Waals surface area contributed by atoms with Gasteiger partial charge in [-0.25, -0.2) is 9.18 Å². The predicted molar refractivity (Wildman–Crippen MR) is 81.6 cm³/mol. The van der Waals surface area contributed by atoms with Crippen molar-refractivity contribution in [1.29, 1.82) is 0 Å². The molecule has 0 saturated heterocycles. The standard InChI is InChI=1S/C15H12FN5O2/c1-6-9-10(7-2-4-8(16)5-3-7)11-12(17-13(9)21-20-6)18-15(23)19-14(11)22/h2-5,10H,1H3,(H4,17,18,19,20,21,22,23)/t10-/m0/s1. The van der Waals surface area contributed by atoms with Crippen molar-refractivity contribution in [1.82, 2.24) is 20.2 Å². The molecule has 116 valence electrons. The number of rotatable bonds is 1. The first-order valence-electron chi connectivity index (χ1n) is 6.98. The van der Waals surface area contributed by atoms with Gasteiger partial charge in [-0.15, -0.1) is 0 Å². The van der Waals surface area contributed by atoms with Crippen LogP contribution in [0.2, 0.25) is 0 Å². The van der Waals surface area contributed by atoms with Gasteiger partial charge in [0, 0.05) is 17.2 Å². The molecule has 0 unspecified atom stereocenters. The van der Waals surface area contributed by atoms with Crippen molar-refractivity contribution in [2.24, 2.45) is 0 Å². The molecule has 1 aromatic carbocycles. The molecule has 0 amide bonds. The fourth-order valence-corrected chi connectivity index (χ4v) is 3.01. The normalized spacial score (nSPS) is 15.7. The van der Waals surface area contributed by atoms with Crippen LogP contribution in [-0.2, 0) is 0 Å². The fraction of sp³-hybridized carbons (Fsp3) is 0.133. The van der Waals surface area contributed by atoms with Crippen LogP contribution >= 0.6 is 0 Å². The molecule has 1 aliphatic heterocycles. The van der Waals surface area contributed by atoms with Crippen molar-refractivity contribution in [3.8, 4) is 0 Å². The summed E-state index contributed by atoms with van der Waals surface area (Å²) in [5.74, 6) is 0.0151. The third kappa shape index (κ3) is 1.99. The minimum absolute atomic E-state index is 0.298. The maximum Gasteiger partial charge on any atom is 0.327 e. The Hall–Kier alpha value is -3.16. The third-order valence-corrected chi connectivity index (χ3v) is 4.00. The number of H-pyrrole nitrogens is 3. The lowest BCUT2D eigenvalue weighted by Gasteiger charge is -2.25. The molecule has 4 N–H and O–H groups in total. The van der Waals surface area contributed by atoms with Gasteiger partial charge in [0.1, 0.15) is 11.6 Å². The molecule has 0 fully saturated rings. The SMILES string of the molecule is Cc1[nH]nc2c1[C@H](c1ccc(F)cc1)c1c([nH]c(=O)[nH]c1=O)N2. The number of fused-ring (bicyclic) bond motifs is 2. The summed E-state index contributed by atoms with van der Waals surface area (Å²) < 4.78 is 13.3. The highest BCUT2D eigenvalue weighted by Crippen LogP contribution is 2.42. The molecule has 8 heteroatoms. The first-order valence-corrected chi connectivity index (χ1v) is 6.98. The Morgan fingerprint density at radius 3 is 2.57 bits per heavy atom. The monoisotopic (exact) mass is 313 g/mol. The van der Waals surface area contributed by atoms with E-state index in [2.05, 4.69) is 25.5 Å². The number of hydrogen-bond acceptors (Lipinski definition) is 4. The Labute approximate surface area is 128 Å². The largest absolute Gasteiger partial charge is 0.327 e. The van der Waals surface area contributed by atoms with E-state index >= 15 is 0 Å². The number of aromatic amines is 3. The Bertz CT molecular complexity index is 1020. The van der Waals surface area contributed by atoms with E-state index in [0.717, 1.165) is 16.8 Å². The highest BCUT2D eigenvalue weighted by atomic mass is 19.1. The molecule has 1 aliphatic rings. The minimum atomic E-state index is -0.602. The van der Waals surface area contributed by atoms with Gasteiger partial charge in [0.2, 0.25) is 0 Å². The highest BCUT2D eigenvalue weighted by molar-refractivity contribution is 5.71. The van der Waals surface area contributed by atoms with Crippen LogP contribution in [0.3, 0.4) is 0 Å². The molecule has 3 aromatic rings. The summed E-state index contributed by atoms with van der Waals surface area (Å²) in [4.78, 5) is 28.7. The van der Waals surface area contributed by atoms with Crippen LogP contribution in [0.1, 0.15) is 28.3 Å². The predicted octanol–water partition coefficient (Wildman–Crippen LogP) is 1.47. The molecule has 0 spiro atoms. The van der Waals surface area contributed by atoms with Gasteiger partial charge in [-0.3, -0.25) is 19.9 Å². The maximum absolute atomic E-state index is 13.3. The summed E-state index contributed by atoms with van der Waals surface area (Å²) >= 11 is 0. The van der Waals surface area contributed by atoms with Crippen molar-refractivity contribution in [2.45, 2.75) is 12.8 Å². The number of nitrogens with one attached hydrogen (secondary N) is 4. The van der Waals surface area contributed by atoms with Crippen LogP contribution in [0.25, 0.3) is 0 Å². The number of anilines is 2. The molecule has 4 rings (SSSR count). The lowest BCUT2D eigenvalue weighted by molar-refractivity contribution is 0.626. The quantitative estimate of drug-likeness (QED) is 0.427. The second kappa shape index (κ2) is 4.67. The molecular weight excluding hydrogens is 301 g/mol. The molecule has 7 nitrogen and oxygen atoms in total. The van der Waals surface area contributed by atoms with Gasteiger partial charge in [-0.2, -0.15) is 5.10 Å². The second-order valence-corrected chi connectivity index (χ2v) is 5.42. The molecule has 23 heavy (non-hydrogen) atoms. The van der Waals surface area contributed by atoms with Gasteiger partial charge in [-0.05, 0) is 24.6 Å². The number of benzene rings is 1. The molecule has 0 bridgehead atoms. The summed E-state index contributed by atoms with van der Waals surface area (Å²) in [7, 11) is 0. The van der Waals surface area contributed by atoms with Crippen LogP contribution in [0, 0.1) is 12.7 Å². The van der Waals surface area contributed by atoms with Crippen molar-refractivity contribution in [2.75, 3.05) is 5.32 Å². The second-order valence-electron chi connectivity index (χ2n) is 5.42. The molecule has 1 atom stereocenters. The van der Waals surface area contributed by atoms with E-state index in [1.54, 1.807) is 12.1 Å². The zero-order chi connectivity index (χ0) is 16.1. The van der Waals surface area contributed by atoms with Crippen molar-refractivity contribution in [3.05, 3.63) is 73.3 Å². The van der Waals surface area contributed by atoms with Crippen LogP contribution in [0.4, 0.5) is 16.0 Å². The van der Waals surface area contributed by atoms with E-state index < -0.39 is 17.2 Å². The van der Waals surface area contributed by atoms with Crippen LogP contribution < -0.4 is 16.6 Å². The van der Waals surface area contributed by atoms with Gasteiger partial charge >= 0.3 is 5.69 Å². The molecule has 2 aromatic heterocycles. The summed E-state index contributed by atoms with van der Waals surface area (Å²) in [6, 6.07) is 5.92. The topological polar surface area (TPSA) is 106 Å². The molecule has 0 saturated carbocycles. The molecule has 0 aliphatic carbocycles. The lowest BCUT2D eigenvalue weighted by Crippen LogP contribution is -2.31. The first kappa shape index (κ1) is 13.5. The van der Waals surface area contributed by atoms with E-state index in [1.807, 2.05) is 6.92 Å².